The fourth-order valence-electron chi connectivity index (χ4n) is 1.99. The van der Waals surface area contributed by atoms with Gasteiger partial charge in [0.1, 0.15) is 5.75 Å². The van der Waals surface area contributed by atoms with Crippen LogP contribution in [0.25, 0.3) is 6.08 Å². The summed E-state index contributed by atoms with van der Waals surface area (Å²) < 4.78 is 5.53. The molecule has 0 atom stereocenters. The van der Waals surface area contributed by atoms with E-state index in [2.05, 4.69) is 17.4 Å². The van der Waals surface area contributed by atoms with Gasteiger partial charge in [-0.2, -0.15) is 0 Å². The summed E-state index contributed by atoms with van der Waals surface area (Å²) >= 11 is 1.73. The molecule has 0 aliphatic carbocycles. The number of carbonyl (C=O) groups excluding carboxylic acids is 1. The first-order valence-corrected chi connectivity index (χ1v) is 8.63. The lowest BCUT2D eigenvalue weighted by Crippen LogP contribution is -2.23. The van der Waals surface area contributed by atoms with Crippen molar-refractivity contribution < 1.29 is 9.53 Å². The molecular weight excluding hydrogens is 306 g/mol. The van der Waals surface area contributed by atoms with Crippen molar-refractivity contribution >= 4 is 23.7 Å². The molecule has 2 aromatic rings. The molecule has 0 aliphatic heterocycles. The van der Waals surface area contributed by atoms with Gasteiger partial charge in [0.2, 0.25) is 5.91 Å². The van der Waals surface area contributed by atoms with Crippen LogP contribution in [0.5, 0.6) is 5.75 Å². The summed E-state index contributed by atoms with van der Waals surface area (Å²) in [7, 11) is 0. The van der Waals surface area contributed by atoms with Crippen molar-refractivity contribution in [3.05, 3.63) is 66.2 Å². The quantitative estimate of drug-likeness (QED) is 0.452. The van der Waals surface area contributed by atoms with Crippen molar-refractivity contribution in [3.8, 4) is 5.75 Å². The monoisotopic (exact) mass is 327 g/mol. The molecule has 1 amide bonds. The Morgan fingerprint density at radius 3 is 2.65 bits per heavy atom. The molecule has 0 saturated heterocycles. The van der Waals surface area contributed by atoms with Crippen molar-refractivity contribution in [1.82, 2.24) is 5.32 Å². The van der Waals surface area contributed by atoms with E-state index in [0.29, 0.717) is 13.2 Å². The predicted molar refractivity (Wildman–Crippen MR) is 96.8 cm³/mol. The van der Waals surface area contributed by atoms with Gasteiger partial charge < -0.3 is 10.1 Å². The van der Waals surface area contributed by atoms with E-state index in [1.807, 2.05) is 49.4 Å². The Labute approximate surface area is 141 Å². The molecular formula is C19H21NO2S. The zero-order valence-electron chi connectivity index (χ0n) is 13.2. The second kappa shape index (κ2) is 9.74. The van der Waals surface area contributed by atoms with E-state index in [0.717, 1.165) is 17.1 Å². The molecule has 0 aromatic heterocycles. The average molecular weight is 327 g/mol. The van der Waals surface area contributed by atoms with Gasteiger partial charge in [0.25, 0.3) is 0 Å². The summed E-state index contributed by atoms with van der Waals surface area (Å²) in [6, 6.07) is 17.8. The third-order valence-electron chi connectivity index (χ3n) is 3.05. The van der Waals surface area contributed by atoms with Gasteiger partial charge >= 0.3 is 0 Å². The highest BCUT2D eigenvalue weighted by molar-refractivity contribution is 7.99. The van der Waals surface area contributed by atoms with Crippen molar-refractivity contribution in [1.29, 1.82) is 0 Å². The van der Waals surface area contributed by atoms with Crippen LogP contribution in [0.4, 0.5) is 0 Å². The van der Waals surface area contributed by atoms with Gasteiger partial charge in [-0.05, 0) is 31.2 Å². The van der Waals surface area contributed by atoms with Gasteiger partial charge in [0.15, 0.2) is 0 Å². The van der Waals surface area contributed by atoms with Gasteiger partial charge in [0.05, 0.1) is 6.61 Å². The molecule has 4 heteroatoms. The summed E-state index contributed by atoms with van der Waals surface area (Å²) in [5.74, 6) is 1.54. The summed E-state index contributed by atoms with van der Waals surface area (Å²) in [5.41, 5.74) is 0.906. The first-order valence-electron chi connectivity index (χ1n) is 7.65. The Hall–Kier alpha value is -2.20. The van der Waals surface area contributed by atoms with Crippen LogP contribution in [0.3, 0.4) is 0 Å². The van der Waals surface area contributed by atoms with E-state index in [4.69, 9.17) is 4.74 Å². The fourth-order valence-corrected chi connectivity index (χ4v) is 2.78. The van der Waals surface area contributed by atoms with E-state index in [1.54, 1.807) is 23.9 Å². The largest absolute Gasteiger partial charge is 0.493 e. The number of para-hydroxylation sites is 1. The number of rotatable bonds is 8. The molecule has 0 radical (unpaired) electrons. The van der Waals surface area contributed by atoms with E-state index < -0.39 is 0 Å². The van der Waals surface area contributed by atoms with Gasteiger partial charge in [-0.1, -0.05) is 36.4 Å². The Morgan fingerprint density at radius 1 is 1.13 bits per heavy atom. The fraction of sp³-hybridized carbons (Fsp3) is 0.211. The summed E-state index contributed by atoms with van der Waals surface area (Å²) in [6.45, 7) is 3.18. The SMILES string of the molecule is CCOc1ccccc1/C=C/C(=O)NCCSc1ccccc1. The van der Waals surface area contributed by atoms with E-state index in [1.165, 1.54) is 4.90 Å². The molecule has 0 unspecified atom stereocenters. The number of thioether (sulfide) groups is 1. The molecule has 3 nitrogen and oxygen atoms in total. The second-order valence-corrected chi connectivity index (χ2v) is 5.93. The second-order valence-electron chi connectivity index (χ2n) is 4.76. The van der Waals surface area contributed by atoms with Crippen LogP contribution in [0.1, 0.15) is 12.5 Å². The minimum atomic E-state index is -0.0926. The maximum atomic E-state index is 11.8. The lowest BCUT2D eigenvalue weighted by Gasteiger charge is -2.06. The zero-order valence-corrected chi connectivity index (χ0v) is 14.0. The topological polar surface area (TPSA) is 38.3 Å². The number of ether oxygens (including phenoxy) is 1. The van der Waals surface area contributed by atoms with Crippen molar-refractivity contribution in [2.75, 3.05) is 18.9 Å². The predicted octanol–water partition coefficient (Wildman–Crippen LogP) is 4.01. The first-order chi connectivity index (χ1) is 11.3. The third-order valence-corrected chi connectivity index (χ3v) is 4.06. The number of amides is 1. The molecule has 0 bridgehead atoms. The highest BCUT2D eigenvalue weighted by Crippen LogP contribution is 2.19. The van der Waals surface area contributed by atoms with Gasteiger partial charge in [-0.3, -0.25) is 4.79 Å². The van der Waals surface area contributed by atoms with Crippen LogP contribution in [0.15, 0.2) is 65.6 Å². The average Bonchev–Trinajstić information content (AvgIpc) is 2.59. The lowest BCUT2D eigenvalue weighted by molar-refractivity contribution is -0.116. The minimum absolute atomic E-state index is 0.0926. The maximum Gasteiger partial charge on any atom is 0.244 e. The standard InChI is InChI=1S/C19H21NO2S/c1-2-22-18-11-7-6-8-16(18)12-13-19(21)20-14-15-23-17-9-4-3-5-10-17/h3-13H,2,14-15H2,1H3,(H,20,21)/b13-12+. The van der Waals surface area contributed by atoms with Crippen LogP contribution in [-0.2, 0) is 4.79 Å². The van der Waals surface area contributed by atoms with E-state index in [-0.39, 0.29) is 5.91 Å². The van der Waals surface area contributed by atoms with E-state index >= 15 is 0 Å². The molecule has 0 spiro atoms. The molecule has 0 heterocycles. The van der Waals surface area contributed by atoms with Crippen LogP contribution < -0.4 is 10.1 Å². The van der Waals surface area contributed by atoms with Crippen LogP contribution >= 0.6 is 11.8 Å². The Balaban J connectivity index is 1.76. The summed E-state index contributed by atoms with van der Waals surface area (Å²) in [5, 5.41) is 2.89. The summed E-state index contributed by atoms with van der Waals surface area (Å²) in [6.07, 6.45) is 3.33. The van der Waals surface area contributed by atoms with Gasteiger partial charge in [0, 0.05) is 28.8 Å². The van der Waals surface area contributed by atoms with Crippen molar-refractivity contribution in [2.45, 2.75) is 11.8 Å². The van der Waals surface area contributed by atoms with Crippen molar-refractivity contribution in [2.24, 2.45) is 0 Å². The minimum Gasteiger partial charge on any atom is -0.493 e. The molecule has 0 saturated carbocycles. The molecule has 120 valence electrons. The number of carbonyl (C=O) groups is 1. The Kier molecular flexibility index (Phi) is 7.27. The number of nitrogens with one attached hydrogen (secondary N) is 1. The number of benzene rings is 2. The van der Waals surface area contributed by atoms with Crippen LogP contribution in [0, 0.1) is 0 Å². The molecule has 0 fully saturated rings. The Bertz CT molecular complexity index is 641. The van der Waals surface area contributed by atoms with Crippen LogP contribution in [0.2, 0.25) is 0 Å². The molecule has 2 rings (SSSR count). The van der Waals surface area contributed by atoms with Gasteiger partial charge in [-0.15, -0.1) is 11.8 Å². The Morgan fingerprint density at radius 2 is 1.87 bits per heavy atom. The number of hydrogen-bond acceptors (Lipinski definition) is 3. The molecule has 0 aliphatic rings. The van der Waals surface area contributed by atoms with E-state index in [9.17, 15) is 4.79 Å². The maximum absolute atomic E-state index is 11.8. The third kappa shape index (κ3) is 6.20. The highest BCUT2D eigenvalue weighted by atomic mass is 32.2. The first kappa shape index (κ1) is 17.2. The highest BCUT2D eigenvalue weighted by Gasteiger charge is 2.00. The molecule has 1 N–H and O–H groups in total. The lowest BCUT2D eigenvalue weighted by atomic mass is 10.2. The molecule has 2 aromatic carbocycles. The van der Waals surface area contributed by atoms with Gasteiger partial charge in [-0.25, -0.2) is 0 Å². The summed E-state index contributed by atoms with van der Waals surface area (Å²) in [4.78, 5) is 13.1. The number of hydrogen-bond donors (Lipinski definition) is 1. The van der Waals surface area contributed by atoms with Crippen molar-refractivity contribution in [3.63, 3.8) is 0 Å². The zero-order chi connectivity index (χ0) is 16.3. The molecule has 23 heavy (non-hydrogen) atoms. The smallest absolute Gasteiger partial charge is 0.244 e. The normalized spacial score (nSPS) is 10.7. The van der Waals surface area contributed by atoms with Crippen LogP contribution in [-0.4, -0.2) is 24.8 Å².